The van der Waals surface area contributed by atoms with Crippen LogP contribution in [0.5, 0.6) is 0 Å². The highest BCUT2D eigenvalue weighted by Gasteiger charge is 2.12. The van der Waals surface area contributed by atoms with E-state index in [1.807, 2.05) is 67.5 Å². The number of amides is 1. The zero-order chi connectivity index (χ0) is 19.5. The van der Waals surface area contributed by atoms with Gasteiger partial charge in [-0.05, 0) is 30.3 Å². The Balaban J connectivity index is 1.39. The number of anilines is 3. The topological polar surface area (TPSA) is 85.9 Å². The van der Waals surface area contributed by atoms with Crippen LogP contribution in [-0.2, 0) is 6.54 Å². The van der Waals surface area contributed by atoms with Crippen LogP contribution in [0.1, 0.15) is 15.5 Å². The van der Waals surface area contributed by atoms with Gasteiger partial charge >= 0.3 is 0 Å². The van der Waals surface area contributed by atoms with Crippen molar-refractivity contribution >= 4 is 44.8 Å². The second-order valence-corrected chi connectivity index (χ2v) is 7.51. The Kier molecular flexibility index (Phi) is 4.94. The Bertz CT molecular complexity index is 1080. The van der Waals surface area contributed by atoms with Crippen LogP contribution in [0.25, 0.3) is 11.0 Å². The van der Waals surface area contributed by atoms with E-state index in [9.17, 15) is 4.79 Å². The van der Waals surface area contributed by atoms with E-state index in [1.54, 1.807) is 6.20 Å². The fourth-order valence-electron chi connectivity index (χ4n) is 2.76. The second kappa shape index (κ2) is 7.69. The van der Waals surface area contributed by atoms with E-state index < -0.39 is 0 Å². The van der Waals surface area contributed by atoms with Gasteiger partial charge in [-0.15, -0.1) is 0 Å². The normalized spacial score (nSPS) is 10.8. The molecule has 0 atom stereocenters. The van der Waals surface area contributed by atoms with Crippen LogP contribution in [-0.4, -0.2) is 35.0 Å². The molecule has 7 nitrogen and oxygen atoms in total. The molecule has 0 radical (unpaired) electrons. The van der Waals surface area contributed by atoms with Gasteiger partial charge in [0, 0.05) is 25.5 Å². The highest BCUT2D eigenvalue weighted by Crippen LogP contribution is 2.25. The molecule has 2 aromatic heterocycles. The van der Waals surface area contributed by atoms with Gasteiger partial charge in [0.05, 0.1) is 23.8 Å². The number of H-pyrrole nitrogens is 1. The summed E-state index contributed by atoms with van der Waals surface area (Å²) in [6.07, 6.45) is 1.58. The van der Waals surface area contributed by atoms with E-state index in [1.165, 1.54) is 11.3 Å². The van der Waals surface area contributed by atoms with Gasteiger partial charge in [-0.3, -0.25) is 4.79 Å². The molecular formula is C20H20N6OS. The van der Waals surface area contributed by atoms with Crippen molar-refractivity contribution in [2.75, 3.05) is 24.3 Å². The maximum absolute atomic E-state index is 12.4. The standard InChI is InChI=1S/C20H20N6OS/c1-26(2)14-7-5-6-13(10-14)23-20-22-11-17(28-20)19(27)21-12-18-24-15-8-3-4-9-16(15)25-18/h3-11H,12H2,1-2H3,(H,21,27)(H,22,23)(H,24,25). The van der Waals surface area contributed by atoms with Gasteiger partial charge in [-0.2, -0.15) is 0 Å². The highest BCUT2D eigenvalue weighted by atomic mass is 32.1. The lowest BCUT2D eigenvalue weighted by atomic mass is 10.2. The quantitative estimate of drug-likeness (QED) is 0.465. The molecule has 0 aliphatic rings. The van der Waals surface area contributed by atoms with Gasteiger partial charge in [-0.25, -0.2) is 9.97 Å². The van der Waals surface area contributed by atoms with E-state index in [4.69, 9.17) is 0 Å². The molecule has 0 saturated carbocycles. The minimum atomic E-state index is -0.173. The van der Waals surface area contributed by atoms with Crippen molar-refractivity contribution in [2.24, 2.45) is 0 Å². The van der Waals surface area contributed by atoms with Crippen LogP contribution in [0.3, 0.4) is 0 Å². The van der Waals surface area contributed by atoms with Crippen molar-refractivity contribution in [1.29, 1.82) is 0 Å². The number of hydrogen-bond acceptors (Lipinski definition) is 6. The summed E-state index contributed by atoms with van der Waals surface area (Å²) < 4.78 is 0. The molecule has 1 amide bonds. The molecule has 0 bridgehead atoms. The Hall–Kier alpha value is -3.39. The first kappa shape index (κ1) is 18.0. The predicted octanol–water partition coefficient (Wildman–Crippen LogP) is 3.76. The number of para-hydroxylation sites is 2. The number of nitrogens with one attached hydrogen (secondary N) is 3. The van der Waals surface area contributed by atoms with Crippen molar-refractivity contribution in [3.05, 3.63) is 65.4 Å². The van der Waals surface area contributed by atoms with Gasteiger partial charge < -0.3 is 20.5 Å². The molecule has 0 aliphatic heterocycles. The van der Waals surface area contributed by atoms with Crippen molar-refractivity contribution < 1.29 is 4.79 Å². The Labute approximate surface area is 166 Å². The van der Waals surface area contributed by atoms with Crippen LogP contribution in [0.2, 0.25) is 0 Å². The van der Waals surface area contributed by atoms with Crippen molar-refractivity contribution in [1.82, 2.24) is 20.3 Å². The maximum Gasteiger partial charge on any atom is 0.263 e. The number of thiazole rings is 1. The minimum absolute atomic E-state index is 0.173. The second-order valence-electron chi connectivity index (χ2n) is 6.48. The van der Waals surface area contributed by atoms with Crippen molar-refractivity contribution in [3.8, 4) is 0 Å². The molecule has 28 heavy (non-hydrogen) atoms. The summed E-state index contributed by atoms with van der Waals surface area (Å²) in [5.41, 5.74) is 3.85. The Morgan fingerprint density at radius 2 is 2.04 bits per heavy atom. The molecule has 4 aromatic rings. The number of imidazole rings is 1. The maximum atomic E-state index is 12.4. The highest BCUT2D eigenvalue weighted by molar-refractivity contribution is 7.17. The van der Waals surface area contributed by atoms with E-state index >= 15 is 0 Å². The van der Waals surface area contributed by atoms with Gasteiger partial charge in [-0.1, -0.05) is 29.5 Å². The molecule has 0 aliphatic carbocycles. The number of benzene rings is 2. The van der Waals surface area contributed by atoms with Gasteiger partial charge in [0.15, 0.2) is 5.13 Å². The van der Waals surface area contributed by atoms with Gasteiger partial charge in [0.1, 0.15) is 10.7 Å². The molecule has 4 rings (SSSR count). The summed E-state index contributed by atoms with van der Waals surface area (Å²) in [5, 5.41) is 6.80. The summed E-state index contributed by atoms with van der Waals surface area (Å²) >= 11 is 1.31. The number of rotatable bonds is 6. The molecule has 142 valence electrons. The molecule has 2 aromatic carbocycles. The SMILES string of the molecule is CN(C)c1cccc(Nc2ncc(C(=O)NCc3nc4ccccc4[nH]3)s2)c1. The number of hydrogen-bond donors (Lipinski definition) is 3. The fourth-order valence-corrected chi connectivity index (χ4v) is 3.52. The van der Waals surface area contributed by atoms with Crippen molar-refractivity contribution in [3.63, 3.8) is 0 Å². The zero-order valence-electron chi connectivity index (χ0n) is 15.6. The third kappa shape index (κ3) is 3.96. The molecular weight excluding hydrogens is 372 g/mol. The number of carbonyl (C=O) groups excluding carboxylic acids is 1. The molecule has 0 unspecified atom stereocenters. The monoisotopic (exact) mass is 392 g/mol. The average Bonchev–Trinajstić information content (AvgIpc) is 3.33. The zero-order valence-corrected chi connectivity index (χ0v) is 16.4. The summed E-state index contributed by atoms with van der Waals surface area (Å²) in [4.78, 5) is 27.0. The van der Waals surface area contributed by atoms with Crippen molar-refractivity contribution in [2.45, 2.75) is 6.54 Å². The summed E-state index contributed by atoms with van der Waals surface area (Å²) in [7, 11) is 3.99. The molecule has 0 fully saturated rings. The average molecular weight is 392 g/mol. The summed E-state index contributed by atoms with van der Waals surface area (Å²) in [6.45, 7) is 0.332. The fraction of sp³-hybridized carbons (Fsp3) is 0.150. The lowest BCUT2D eigenvalue weighted by Crippen LogP contribution is -2.22. The molecule has 3 N–H and O–H groups in total. The third-order valence-corrected chi connectivity index (χ3v) is 5.11. The first-order valence-electron chi connectivity index (χ1n) is 8.80. The van der Waals surface area contributed by atoms with E-state index in [0.29, 0.717) is 16.6 Å². The number of aromatic amines is 1. The molecule has 8 heteroatoms. The summed E-state index contributed by atoms with van der Waals surface area (Å²) in [6, 6.07) is 15.8. The van der Waals surface area contributed by atoms with E-state index in [0.717, 1.165) is 28.2 Å². The molecule has 0 saturated heterocycles. The summed E-state index contributed by atoms with van der Waals surface area (Å²) in [5.74, 6) is 0.547. The first-order valence-corrected chi connectivity index (χ1v) is 9.62. The number of fused-ring (bicyclic) bond motifs is 1. The van der Waals surface area contributed by atoms with Crippen LogP contribution < -0.4 is 15.5 Å². The van der Waals surface area contributed by atoms with E-state index in [2.05, 4.69) is 25.6 Å². The third-order valence-electron chi connectivity index (χ3n) is 4.20. The minimum Gasteiger partial charge on any atom is -0.378 e. The lowest BCUT2D eigenvalue weighted by Gasteiger charge is -2.13. The Morgan fingerprint density at radius 3 is 2.86 bits per heavy atom. The molecule has 0 spiro atoms. The number of aromatic nitrogens is 3. The van der Waals surface area contributed by atoms with Gasteiger partial charge in [0.2, 0.25) is 0 Å². The lowest BCUT2D eigenvalue weighted by molar-refractivity contribution is 0.0954. The van der Waals surface area contributed by atoms with Crippen LogP contribution in [0, 0.1) is 0 Å². The number of carbonyl (C=O) groups is 1. The molecule has 2 heterocycles. The van der Waals surface area contributed by atoms with Crippen LogP contribution in [0.15, 0.2) is 54.7 Å². The largest absolute Gasteiger partial charge is 0.378 e. The number of nitrogens with zero attached hydrogens (tertiary/aromatic N) is 3. The smallest absolute Gasteiger partial charge is 0.263 e. The van der Waals surface area contributed by atoms with Crippen LogP contribution >= 0.6 is 11.3 Å². The first-order chi connectivity index (χ1) is 13.6. The Morgan fingerprint density at radius 1 is 1.18 bits per heavy atom. The van der Waals surface area contributed by atoms with Gasteiger partial charge in [0.25, 0.3) is 5.91 Å². The van der Waals surface area contributed by atoms with Crippen LogP contribution in [0.4, 0.5) is 16.5 Å². The van der Waals surface area contributed by atoms with E-state index in [-0.39, 0.29) is 5.91 Å². The predicted molar refractivity (Wildman–Crippen MR) is 113 cm³/mol.